The van der Waals surface area contributed by atoms with Crippen LogP contribution in [0.4, 0.5) is 5.69 Å². The number of nitrogens with one attached hydrogen (secondary N) is 1. The standard InChI is InChI=1S/C25H32ClN3O6S/c1-4-6-13-27-25(31)21(5-2)28(15-18-9-7-8-10-20(18)26)24(30)16-29(36(3,32)33)19-11-12-22-23(14-19)35-17-34-22/h7-12,14,21H,4-6,13,15-17H2,1-3H3,(H,27,31). The summed E-state index contributed by atoms with van der Waals surface area (Å²) < 4.78 is 37.1. The topological polar surface area (TPSA) is 105 Å². The fourth-order valence-electron chi connectivity index (χ4n) is 3.89. The molecule has 0 fully saturated rings. The van der Waals surface area contributed by atoms with Gasteiger partial charge in [-0.15, -0.1) is 0 Å². The van der Waals surface area contributed by atoms with Crippen molar-refractivity contribution in [1.29, 1.82) is 0 Å². The Morgan fingerprint density at radius 2 is 1.83 bits per heavy atom. The van der Waals surface area contributed by atoms with E-state index in [2.05, 4.69) is 5.32 Å². The van der Waals surface area contributed by atoms with Crippen LogP contribution in [0.2, 0.25) is 5.02 Å². The van der Waals surface area contributed by atoms with Gasteiger partial charge in [-0.2, -0.15) is 0 Å². The van der Waals surface area contributed by atoms with Crippen molar-refractivity contribution in [2.75, 3.05) is 30.4 Å². The van der Waals surface area contributed by atoms with Gasteiger partial charge in [-0.05, 0) is 36.6 Å². The normalized spacial score (nSPS) is 13.2. The number of anilines is 1. The Morgan fingerprint density at radius 3 is 2.50 bits per heavy atom. The van der Waals surface area contributed by atoms with E-state index >= 15 is 0 Å². The third kappa shape index (κ3) is 6.82. The molecule has 0 spiro atoms. The highest BCUT2D eigenvalue weighted by Crippen LogP contribution is 2.36. The lowest BCUT2D eigenvalue weighted by Crippen LogP contribution is -2.52. The molecule has 9 nitrogen and oxygen atoms in total. The van der Waals surface area contributed by atoms with E-state index in [0.717, 1.165) is 23.4 Å². The smallest absolute Gasteiger partial charge is 0.244 e. The molecule has 2 aromatic rings. The van der Waals surface area contributed by atoms with Crippen molar-refractivity contribution in [2.45, 2.75) is 45.7 Å². The monoisotopic (exact) mass is 537 g/mol. The predicted molar refractivity (Wildman–Crippen MR) is 139 cm³/mol. The Kier molecular flexibility index (Phi) is 9.44. The first-order valence-corrected chi connectivity index (χ1v) is 14.1. The number of benzene rings is 2. The molecule has 0 aromatic heterocycles. The lowest BCUT2D eigenvalue weighted by atomic mass is 10.1. The van der Waals surface area contributed by atoms with Crippen LogP contribution in [0.5, 0.6) is 11.5 Å². The van der Waals surface area contributed by atoms with Gasteiger partial charge in [0.05, 0.1) is 11.9 Å². The number of hydrogen-bond donors (Lipinski definition) is 1. The van der Waals surface area contributed by atoms with Crippen LogP contribution in [0, 0.1) is 0 Å². The van der Waals surface area contributed by atoms with Gasteiger partial charge < -0.3 is 19.7 Å². The molecule has 0 saturated heterocycles. The number of nitrogens with zero attached hydrogens (tertiary/aromatic N) is 2. The molecule has 1 aliphatic rings. The number of carbonyl (C=O) groups is 2. The molecule has 36 heavy (non-hydrogen) atoms. The highest BCUT2D eigenvalue weighted by Gasteiger charge is 2.32. The SMILES string of the molecule is CCCCNC(=O)C(CC)N(Cc1ccccc1Cl)C(=O)CN(c1ccc2c(c1)OCO2)S(C)(=O)=O. The summed E-state index contributed by atoms with van der Waals surface area (Å²) >= 11 is 6.36. The summed E-state index contributed by atoms with van der Waals surface area (Å²) in [5, 5.41) is 3.34. The molecule has 1 heterocycles. The average Bonchev–Trinajstić information content (AvgIpc) is 3.31. The second-order valence-corrected chi connectivity index (χ2v) is 10.8. The van der Waals surface area contributed by atoms with E-state index in [-0.39, 0.29) is 24.9 Å². The number of fused-ring (bicyclic) bond motifs is 1. The molecule has 2 amide bonds. The van der Waals surface area contributed by atoms with E-state index in [4.69, 9.17) is 21.1 Å². The van der Waals surface area contributed by atoms with Crippen molar-refractivity contribution in [3.8, 4) is 11.5 Å². The fraction of sp³-hybridized carbons (Fsp3) is 0.440. The Bertz CT molecular complexity index is 1190. The molecule has 1 unspecified atom stereocenters. The maximum Gasteiger partial charge on any atom is 0.244 e. The van der Waals surface area contributed by atoms with E-state index < -0.39 is 28.5 Å². The third-order valence-electron chi connectivity index (χ3n) is 5.84. The van der Waals surface area contributed by atoms with E-state index in [1.807, 2.05) is 13.8 Å². The molecule has 1 N–H and O–H groups in total. The first kappa shape index (κ1) is 27.6. The van der Waals surface area contributed by atoms with Gasteiger partial charge in [0.25, 0.3) is 0 Å². The molecule has 1 atom stereocenters. The average molecular weight is 538 g/mol. The number of rotatable bonds is 12. The number of amides is 2. The van der Waals surface area contributed by atoms with Gasteiger partial charge in [0.1, 0.15) is 12.6 Å². The molecule has 0 bridgehead atoms. The van der Waals surface area contributed by atoms with Crippen LogP contribution in [-0.2, 0) is 26.2 Å². The van der Waals surface area contributed by atoms with Crippen LogP contribution in [-0.4, -0.2) is 57.3 Å². The van der Waals surface area contributed by atoms with Crippen molar-refractivity contribution in [2.24, 2.45) is 0 Å². The molecule has 11 heteroatoms. The van der Waals surface area contributed by atoms with Crippen molar-refractivity contribution >= 4 is 39.1 Å². The van der Waals surface area contributed by atoms with E-state index in [9.17, 15) is 18.0 Å². The maximum atomic E-state index is 13.7. The molecule has 3 rings (SSSR count). The van der Waals surface area contributed by atoms with Gasteiger partial charge in [0.15, 0.2) is 11.5 Å². The lowest BCUT2D eigenvalue weighted by molar-refractivity contribution is -0.140. The summed E-state index contributed by atoms with van der Waals surface area (Å²) in [4.78, 5) is 28.1. The van der Waals surface area contributed by atoms with Crippen molar-refractivity contribution in [1.82, 2.24) is 10.2 Å². The quantitative estimate of drug-likeness (QED) is 0.415. The molecule has 0 aliphatic carbocycles. The predicted octanol–water partition coefficient (Wildman–Crippen LogP) is 3.56. The number of sulfonamides is 1. The highest BCUT2D eigenvalue weighted by molar-refractivity contribution is 7.92. The minimum Gasteiger partial charge on any atom is -0.454 e. The van der Waals surface area contributed by atoms with E-state index in [0.29, 0.717) is 35.1 Å². The number of unbranched alkanes of at least 4 members (excludes halogenated alkanes) is 1. The van der Waals surface area contributed by atoms with Crippen LogP contribution in [0.15, 0.2) is 42.5 Å². The summed E-state index contributed by atoms with van der Waals surface area (Å²) in [5.41, 5.74) is 0.912. The Morgan fingerprint density at radius 1 is 1.11 bits per heavy atom. The first-order valence-electron chi connectivity index (χ1n) is 11.8. The summed E-state index contributed by atoms with van der Waals surface area (Å²) in [7, 11) is -3.85. The summed E-state index contributed by atoms with van der Waals surface area (Å²) in [6.07, 6.45) is 3.10. The summed E-state index contributed by atoms with van der Waals surface area (Å²) in [6, 6.07) is 10.9. The second-order valence-electron chi connectivity index (χ2n) is 8.49. The lowest BCUT2D eigenvalue weighted by Gasteiger charge is -2.33. The second kappa shape index (κ2) is 12.3. The number of hydrogen-bond acceptors (Lipinski definition) is 6. The van der Waals surface area contributed by atoms with Crippen LogP contribution < -0.4 is 19.1 Å². The maximum absolute atomic E-state index is 13.7. The van der Waals surface area contributed by atoms with E-state index in [1.165, 1.54) is 11.0 Å². The molecular formula is C25H32ClN3O6S. The van der Waals surface area contributed by atoms with Gasteiger partial charge in [-0.25, -0.2) is 8.42 Å². The highest BCUT2D eigenvalue weighted by atomic mass is 35.5. The fourth-order valence-corrected chi connectivity index (χ4v) is 4.93. The number of ether oxygens (including phenoxy) is 2. The molecule has 0 saturated carbocycles. The van der Waals surface area contributed by atoms with Crippen LogP contribution in [0.3, 0.4) is 0 Å². The Hall–Kier alpha value is -2.98. The number of carbonyl (C=O) groups excluding carboxylic acids is 2. The molecule has 2 aromatic carbocycles. The van der Waals surface area contributed by atoms with Crippen molar-refractivity contribution < 1.29 is 27.5 Å². The third-order valence-corrected chi connectivity index (χ3v) is 7.35. The molecule has 196 valence electrons. The van der Waals surface area contributed by atoms with Crippen LogP contribution >= 0.6 is 11.6 Å². The van der Waals surface area contributed by atoms with Gasteiger partial charge in [0.2, 0.25) is 28.6 Å². The molecule has 1 aliphatic heterocycles. The van der Waals surface area contributed by atoms with E-state index in [1.54, 1.807) is 36.4 Å². The van der Waals surface area contributed by atoms with Crippen LogP contribution in [0.25, 0.3) is 0 Å². The van der Waals surface area contributed by atoms with Gasteiger partial charge in [0, 0.05) is 24.2 Å². The van der Waals surface area contributed by atoms with Gasteiger partial charge >= 0.3 is 0 Å². The van der Waals surface area contributed by atoms with Crippen molar-refractivity contribution in [3.05, 3.63) is 53.1 Å². The molecule has 0 radical (unpaired) electrons. The summed E-state index contributed by atoms with van der Waals surface area (Å²) in [5.74, 6) is 0.0628. The zero-order chi connectivity index (χ0) is 26.3. The van der Waals surface area contributed by atoms with Crippen LogP contribution in [0.1, 0.15) is 38.7 Å². The van der Waals surface area contributed by atoms with Gasteiger partial charge in [-0.3, -0.25) is 13.9 Å². The molecular weight excluding hydrogens is 506 g/mol. The first-order chi connectivity index (χ1) is 17.2. The zero-order valence-corrected chi connectivity index (χ0v) is 22.3. The number of halogens is 1. The minimum absolute atomic E-state index is 0.0352. The zero-order valence-electron chi connectivity index (χ0n) is 20.7. The summed E-state index contributed by atoms with van der Waals surface area (Å²) in [6.45, 7) is 3.91. The largest absolute Gasteiger partial charge is 0.454 e. The minimum atomic E-state index is -3.85. The van der Waals surface area contributed by atoms with Gasteiger partial charge in [-0.1, -0.05) is 50.1 Å². The van der Waals surface area contributed by atoms with Crippen molar-refractivity contribution in [3.63, 3.8) is 0 Å². The Balaban J connectivity index is 1.93. The Labute approximate surface area is 217 Å².